The van der Waals surface area contributed by atoms with Gasteiger partial charge < -0.3 is 20.4 Å². The number of nitrogens with one attached hydrogen (secondary N) is 1. The Labute approximate surface area is 140 Å². The van der Waals surface area contributed by atoms with Gasteiger partial charge in [-0.2, -0.15) is 0 Å². The van der Waals surface area contributed by atoms with Gasteiger partial charge in [0, 0.05) is 19.2 Å². The molecule has 6 nitrogen and oxygen atoms in total. The van der Waals surface area contributed by atoms with Gasteiger partial charge in [0.05, 0.1) is 18.8 Å². The van der Waals surface area contributed by atoms with Crippen LogP contribution in [0.4, 0.5) is 16.0 Å². The number of nitrogens with zero attached hydrogens (tertiary/aromatic N) is 3. The molecule has 0 radical (unpaired) electrons. The highest BCUT2D eigenvalue weighted by molar-refractivity contribution is 5.50. The van der Waals surface area contributed by atoms with Crippen LogP contribution in [0.15, 0.2) is 36.7 Å². The standard InChI is InChI=1S/C17H21FN4O2/c18-13-4-1-3-12(7-13)15(24)9-19-16-8-17(21-11-20-16)22-6-2-5-14(22)10-23/h1,3-4,7-8,11,14-15,23-24H,2,5-6,9-10H2,(H,19,20,21)/t14-,15-/m0/s1. The van der Waals surface area contributed by atoms with Crippen LogP contribution in [0.3, 0.4) is 0 Å². The number of rotatable bonds is 6. The lowest BCUT2D eigenvalue weighted by Gasteiger charge is -2.24. The maximum Gasteiger partial charge on any atom is 0.134 e. The topological polar surface area (TPSA) is 81.5 Å². The lowest BCUT2D eigenvalue weighted by atomic mass is 10.1. The van der Waals surface area contributed by atoms with Crippen LogP contribution < -0.4 is 10.2 Å². The van der Waals surface area contributed by atoms with E-state index in [0.717, 1.165) is 25.2 Å². The number of hydrogen-bond donors (Lipinski definition) is 3. The molecule has 7 heteroatoms. The summed E-state index contributed by atoms with van der Waals surface area (Å²) in [5.41, 5.74) is 0.511. The van der Waals surface area contributed by atoms with Crippen molar-refractivity contribution in [2.75, 3.05) is 29.9 Å². The molecule has 0 unspecified atom stereocenters. The molecule has 1 fully saturated rings. The maximum absolute atomic E-state index is 13.2. The number of hydrogen-bond acceptors (Lipinski definition) is 6. The zero-order valence-corrected chi connectivity index (χ0v) is 13.3. The summed E-state index contributed by atoms with van der Waals surface area (Å²) in [5, 5.41) is 22.6. The van der Waals surface area contributed by atoms with Crippen molar-refractivity contribution in [3.8, 4) is 0 Å². The Morgan fingerprint density at radius 1 is 1.33 bits per heavy atom. The van der Waals surface area contributed by atoms with Gasteiger partial charge in [0.25, 0.3) is 0 Å². The van der Waals surface area contributed by atoms with Crippen molar-refractivity contribution in [2.24, 2.45) is 0 Å². The van der Waals surface area contributed by atoms with E-state index in [2.05, 4.69) is 20.2 Å². The lowest BCUT2D eigenvalue weighted by molar-refractivity contribution is 0.191. The molecule has 0 saturated carbocycles. The van der Waals surface area contributed by atoms with Gasteiger partial charge >= 0.3 is 0 Å². The summed E-state index contributed by atoms with van der Waals surface area (Å²) < 4.78 is 13.2. The van der Waals surface area contributed by atoms with Gasteiger partial charge in [-0.15, -0.1) is 0 Å². The molecule has 24 heavy (non-hydrogen) atoms. The van der Waals surface area contributed by atoms with Crippen molar-refractivity contribution in [2.45, 2.75) is 25.0 Å². The Kier molecular flexibility index (Phi) is 5.22. The Balaban J connectivity index is 1.64. The van der Waals surface area contributed by atoms with Crippen LogP contribution in [0.2, 0.25) is 0 Å². The molecule has 0 amide bonds. The molecule has 1 saturated heterocycles. The third kappa shape index (κ3) is 3.80. The van der Waals surface area contributed by atoms with Crippen LogP contribution >= 0.6 is 0 Å². The lowest BCUT2D eigenvalue weighted by Crippen LogP contribution is -2.32. The Bertz CT molecular complexity index is 685. The summed E-state index contributed by atoms with van der Waals surface area (Å²) in [6, 6.07) is 7.79. The van der Waals surface area contributed by atoms with Gasteiger partial charge in [-0.25, -0.2) is 14.4 Å². The second kappa shape index (κ2) is 7.55. The molecule has 1 aromatic carbocycles. The van der Waals surface area contributed by atoms with Gasteiger partial charge in [-0.1, -0.05) is 12.1 Å². The Morgan fingerprint density at radius 3 is 3.00 bits per heavy atom. The average Bonchev–Trinajstić information content (AvgIpc) is 3.08. The summed E-state index contributed by atoms with van der Waals surface area (Å²) in [6.07, 6.45) is 2.59. The molecule has 1 aliphatic heterocycles. The first kappa shape index (κ1) is 16.6. The first-order chi connectivity index (χ1) is 11.7. The molecule has 3 N–H and O–H groups in total. The quantitative estimate of drug-likeness (QED) is 0.747. The van der Waals surface area contributed by atoms with Gasteiger partial charge in [0.1, 0.15) is 23.8 Å². The highest BCUT2D eigenvalue weighted by Gasteiger charge is 2.25. The van der Waals surface area contributed by atoms with Crippen LogP contribution in [0.5, 0.6) is 0 Å². The van der Waals surface area contributed by atoms with E-state index in [1.807, 2.05) is 0 Å². The third-order valence-corrected chi connectivity index (χ3v) is 4.24. The molecular weight excluding hydrogens is 311 g/mol. The van der Waals surface area contributed by atoms with Crippen LogP contribution in [-0.2, 0) is 0 Å². The van der Waals surface area contributed by atoms with Crippen LogP contribution in [0.25, 0.3) is 0 Å². The van der Waals surface area contributed by atoms with Gasteiger partial charge in [-0.3, -0.25) is 0 Å². The van der Waals surface area contributed by atoms with E-state index in [4.69, 9.17) is 0 Å². The summed E-state index contributed by atoms with van der Waals surface area (Å²) in [5.74, 6) is 0.961. The first-order valence-corrected chi connectivity index (χ1v) is 8.04. The van der Waals surface area contributed by atoms with Crippen molar-refractivity contribution in [1.29, 1.82) is 0 Å². The number of aromatic nitrogens is 2. The molecule has 2 atom stereocenters. The molecule has 3 rings (SSSR count). The minimum Gasteiger partial charge on any atom is -0.394 e. The SMILES string of the molecule is OC[C@@H]1CCCN1c1cc(NC[C@H](O)c2cccc(F)c2)ncn1. The predicted octanol–water partition coefficient (Wildman–Crippen LogP) is 1.72. The smallest absolute Gasteiger partial charge is 0.134 e. The van der Waals surface area contributed by atoms with Crippen molar-refractivity contribution in [3.05, 3.63) is 48.0 Å². The summed E-state index contributed by atoms with van der Waals surface area (Å²) in [6.45, 7) is 1.17. The third-order valence-electron chi connectivity index (χ3n) is 4.24. The first-order valence-electron chi connectivity index (χ1n) is 8.04. The average molecular weight is 332 g/mol. The fourth-order valence-corrected chi connectivity index (χ4v) is 2.96. The van der Waals surface area contributed by atoms with Crippen LogP contribution in [-0.4, -0.2) is 45.9 Å². The molecule has 1 aliphatic rings. The number of aliphatic hydroxyl groups excluding tert-OH is 2. The highest BCUT2D eigenvalue weighted by Crippen LogP contribution is 2.24. The molecule has 0 bridgehead atoms. The van der Waals surface area contributed by atoms with E-state index >= 15 is 0 Å². The van der Waals surface area contributed by atoms with Gasteiger partial charge in [0.15, 0.2) is 0 Å². The van der Waals surface area contributed by atoms with E-state index in [1.165, 1.54) is 18.5 Å². The maximum atomic E-state index is 13.2. The zero-order chi connectivity index (χ0) is 16.9. The van der Waals surface area contributed by atoms with E-state index in [1.54, 1.807) is 18.2 Å². The number of aliphatic hydroxyl groups is 2. The molecule has 0 aliphatic carbocycles. The Hall–Kier alpha value is -2.25. The van der Waals surface area contributed by atoms with E-state index < -0.39 is 6.10 Å². The summed E-state index contributed by atoms with van der Waals surface area (Å²) in [7, 11) is 0. The fraction of sp³-hybridized carbons (Fsp3) is 0.412. The van der Waals surface area contributed by atoms with E-state index in [9.17, 15) is 14.6 Å². The monoisotopic (exact) mass is 332 g/mol. The van der Waals surface area contributed by atoms with Crippen molar-refractivity contribution in [3.63, 3.8) is 0 Å². The minimum absolute atomic E-state index is 0.0886. The van der Waals surface area contributed by atoms with Crippen LogP contribution in [0.1, 0.15) is 24.5 Å². The highest BCUT2D eigenvalue weighted by atomic mass is 19.1. The normalized spacial score (nSPS) is 18.6. The number of benzene rings is 1. The largest absolute Gasteiger partial charge is 0.394 e. The molecule has 128 valence electrons. The van der Waals surface area contributed by atoms with E-state index in [-0.39, 0.29) is 25.0 Å². The minimum atomic E-state index is -0.837. The zero-order valence-electron chi connectivity index (χ0n) is 13.3. The summed E-state index contributed by atoms with van der Waals surface area (Å²) >= 11 is 0. The van der Waals surface area contributed by atoms with Crippen molar-refractivity contribution in [1.82, 2.24) is 9.97 Å². The number of anilines is 2. The summed E-state index contributed by atoms with van der Waals surface area (Å²) in [4.78, 5) is 10.5. The Morgan fingerprint density at radius 2 is 2.21 bits per heavy atom. The fourth-order valence-electron chi connectivity index (χ4n) is 2.96. The van der Waals surface area contributed by atoms with Crippen molar-refractivity contribution >= 4 is 11.6 Å². The molecule has 0 spiro atoms. The van der Waals surface area contributed by atoms with Gasteiger partial charge in [0.2, 0.25) is 0 Å². The van der Waals surface area contributed by atoms with Crippen molar-refractivity contribution < 1.29 is 14.6 Å². The molecule has 2 heterocycles. The molecule has 1 aromatic heterocycles. The van der Waals surface area contributed by atoms with Gasteiger partial charge in [-0.05, 0) is 30.5 Å². The van der Waals surface area contributed by atoms with Crippen LogP contribution in [0, 0.1) is 5.82 Å². The second-order valence-electron chi connectivity index (χ2n) is 5.89. The molecule has 2 aromatic rings. The molecular formula is C17H21FN4O2. The number of halogens is 1. The van der Waals surface area contributed by atoms with E-state index in [0.29, 0.717) is 11.4 Å². The predicted molar refractivity (Wildman–Crippen MR) is 89.3 cm³/mol. The second-order valence-corrected chi connectivity index (χ2v) is 5.89.